The highest BCUT2D eigenvalue weighted by atomic mass is 19.1. The minimum Gasteiger partial charge on any atom is -0.280 e. The molecule has 0 amide bonds. The number of aromatic nitrogens is 3. The second-order valence-electron chi connectivity index (χ2n) is 5.15. The Bertz CT molecular complexity index is 1050. The number of halogens is 1. The molecule has 0 unspecified atom stereocenters. The molecule has 0 radical (unpaired) electrons. The van der Waals surface area contributed by atoms with E-state index in [9.17, 15) is 4.39 Å². The van der Waals surface area contributed by atoms with Crippen LogP contribution in [0.15, 0.2) is 65.1 Å². The number of rotatable bonds is 2. The molecule has 0 saturated carbocycles. The van der Waals surface area contributed by atoms with Crippen LogP contribution in [-0.4, -0.2) is 14.4 Å². The zero-order chi connectivity index (χ0) is 15.8. The SMILES string of the molecule is Cc1nc2ccc(F)cn2c1N=Nc1cccc2cccnc12. The highest BCUT2D eigenvalue weighted by Crippen LogP contribution is 2.27. The maximum Gasteiger partial charge on any atom is 0.182 e. The van der Waals surface area contributed by atoms with E-state index in [1.165, 1.54) is 12.3 Å². The first-order valence-electron chi connectivity index (χ1n) is 7.12. The molecule has 23 heavy (non-hydrogen) atoms. The Hall–Kier alpha value is -3.15. The van der Waals surface area contributed by atoms with E-state index >= 15 is 0 Å². The first-order chi connectivity index (χ1) is 11.2. The highest BCUT2D eigenvalue weighted by Gasteiger charge is 2.09. The number of pyridine rings is 2. The lowest BCUT2D eigenvalue weighted by Gasteiger charge is -2.00. The summed E-state index contributed by atoms with van der Waals surface area (Å²) in [5, 5.41) is 9.56. The molecule has 112 valence electrons. The summed E-state index contributed by atoms with van der Waals surface area (Å²) in [5.41, 5.74) is 2.76. The Labute approximate surface area is 131 Å². The molecule has 0 aliphatic carbocycles. The monoisotopic (exact) mass is 305 g/mol. The fraction of sp³-hybridized carbons (Fsp3) is 0.0588. The molecule has 6 heteroatoms. The van der Waals surface area contributed by atoms with E-state index in [4.69, 9.17) is 0 Å². The Kier molecular flexibility index (Phi) is 3.08. The predicted octanol–water partition coefficient (Wildman–Crippen LogP) is 4.75. The van der Waals surface area contributed by atoms with Crippen LogP contribution in [0.4, 0.5) is 15.9 Å². The lowest BCUT2D eigenvalue weighted by molar-refractivity contribution is 0.619. The second-order valence-corrected chi connectivity index (χ2v) is 5.15. The summed E-state index contributed by atoms with van der Waals surface area (Å²) >= 11 is 0. The number of nitrogens with zero attached hydrogens (tertiary/aromatic N) is 5. The van der Waals surface area contributed by atoms with Gasteiger partial charge in [0, 0.05) is 17.8 Å². The van der Waals surface area contributed by atoms with Gasteiger partial charge in [0.05, 0.1) is 11.2 Å². The van der Waals surface area contributed by atoms with Crippen molar-refractivity contribution < 1.29 is 4.39 Å². The molecule has 0 fully saturated rings. The number of aryl methyl sites for hydroxylation is 1. The van der Waals surface area contributed by atoms with Crippen molar-refractivity contribution in [3.8, 4) is 0 Å². The van der Waals surface area contributed by atoms with Gasteiger partial charge < -0.3 is 0 Å². The van der Waals surface area contributed by atoms with E-state index in [-0.39, 0.29) is 5.82 Å². The molecule has 0 saturated heterocycles. The van der Waals surface area contributed by atoms with Gasteiger partial charge in [-0.2, -0.15) is 0 Å². The quantitative estimate of drug-likeness (QED) is 0.502. The van der Waals surface area contributed by atoms with E-state index < -0.39 is 0 Å². The molecule has 3 aromatic heterocycles. The standard InChI is InChI=1S/C17H12FN5/c1-11-17(23-10-13(18)7-8-15(23)20-11)22-21-14-6-2-4-12-5-3-9-19-16(12)14/h2-10H,1H3. The third-order valence-corrected chi connectivity index (χ3v) is 3.59. The Balaban J connectivity index is 1.85. The molecule has 0 spiro atoms. The van der Waals surface area contributed by atoms with Crippen molar-refractivity contribution in [2.24, 2.45) is 10.2 Å². The first kappa shape index (κ1) is 13.5. The van der Waals surface area contributed by atoms with E-state index in [1.54, 1.807) is 16.7 Å². The molecule has 5 nitrogen and oxygen atoms in total. The number of benzene rings is 1. The Morgan fingerprint density at radius 1 is 1.04 bits per heavy atom. The van der Waals surface area contributed by atoms with Crippen LogP contribution < -0.4 is 0 Å². The fourth-order valence-corrected chi connectivity index (χ4v) is 2.51. The largest absolute Gasteiger partial charge is 0.280 e. The van der Waals surface area contributed by atoms with Gasteiger partial charge in [-0.15, -0.1) is 10.2 Å². The summed E-state index contributed by atoms with van der Waals surface area (Å²) in [7, 11) is 0. The minimum absolute atomic E-state index is 0.349. The summed E-state index contributed by atoms with van der Waals surface area (Å²) in [4.78, 5) is 8.70. The van der Waals surface area contributed by atoms with Crippen LogP contribution in [0.1, 0.15) is 5.69 Å². The van der Waals surface area contributed by atoms with Crippen LogP contribution in [0, 0.1) is 12.7 Å². The summed E-state index contributed by atoms with van der Waals surface area (Å²) < 4.78 is 15.1. The van der Waals surface area contributed by atoms with Crippen LogP contribution in [0.3, 0.4) is 0 Å². The normalized spacial score (nSPS) is 11.7. The van der Waals surface area contributed by atoms with Crippen molar-refractivity contribution in [2.75, 3.05) is 0 Å². The molecular weight excluding hydrogens is 293 g/mol. The van der Waals surface area contributed by atoms with Crippen molar-refractivity contribution in [1.29, 1.82) is 0 Å². The van der Waals surface area contributed by atoms with Crippen LogP contribution in [0.25, 0.3) is 16.6 Å². The molecule has 0 aliphatic heterocycles. The third-order valence-electron chi connectivity index (χ3n) is 3.59. The van der Waals surface area contributed by atoms with Gasteiger partial charge in [0.1, 0.15) is 17.2 Å². The molecule has 0 aliphatic rings. The summed E-state index contributed by atoms with van der Waals surface area (Å²) in [6.07, 6.45) is 3.07. The van der Waals surface area contributed by atoms with Crippen molar-refractivity contribution >= 4 is 28.1 Å². The lowest BCUT2D eigenvalue weighted by Crippen LogP contribution is -1.85. The highest BCUT2D eigenvalue weighted by molar-refractivity contribution is 5.88. The average Bonchev–Trinajstić information content (AvgIpc) is 2.87. The molecule has 4 aromatic rings. The number of hydrogen-bond acceptors (Lipinski definition) is 4. The summed E-state index contributed by atoms with van der Waals surface area (Å²) in [6, 6.07) is 12.5. The molecular formula is C17H12FN5. The maximum atomic E-state index is 13.5. The average molecular weight is 305 g/mol. The van der Waals surface area contributed by atoms with E-state index in [2.05, 4.69) is 20.2 Å². The van der Waals surface area contributed by atoms with Crippen molar-refractivity contribution in [3.63, 3.8) is 0 Å². The van der Waals surface area contributed by atoms with Crippen LogP contribution >= 0.6 is 0 Å². The lowest BCUT2D eigenvalue weighted by atomic mass is 10.2. The van der Waals surface area contributed by atoms with E-state index in [1.807, 2.05) is 37.3 Å². The Morgan fingerprint density at radius 2 is 1.91 bits per heavy atom. The van der Waals surface area contributed by atoms with Crippen LogP contribution in [-0.2, 0) is 0 Å². The summed E-state index contributed by atoms with van der Waals surface area (Å²) in [5.74, 6) is 0.158. The van der Waals surface area contributed by atoms with Gasteiger partial charge >= 0.3 is 0 Å². The van der Waals surface area contributed by atoms with Crippen LogP contribution in [0.2, 0.25) is 0 Å². The molecule has 0 atom stereocenters. The molecule has 1 aromatic carbocycles. The van der Waals surface area contributed by atoms with Gasteiger partial charge in [0.2, 0.25) is 0 Å². The number of hydrogen-bond donors (Lipinski definition) is 0. The van der Waals surface area contributed by atoms with Gasteiger partial charge in [0.15, 0.2) is 5.82 Å². The van der Waals surface area contributed by atoms with Gasteiger partial charge in [-0.05, 0) is 31.2 Å². The Morgan fingerprint density at radius 3 is 2.83 bits per heavy atom. The fourth-order valence-electron chi connectivity index (χ4n) is 2.51. The molecule has 4 rings (SSSR count). The molecule has 0 bridgehead atoms. The van der Waals surface area contributed by atoms with Crippen LogP contribution in [0.5, 0.6) is 0 Å². The van der Waals surface area contributed by atoms with E-state index in [0.717, 1.165) is 10.9 Å². The molecule has 0 N–H and O–H groups in total. The maximum absolute atomic E-state index is 13.5. The van der Waals surface area contributed by atoms with Gasteiger partial charge in [-0.3, -0.25) is 9.38 Å². The first-order valence-corrected chi connectivity index (χ1v) is 7.12. The zero-order valence-electron chi connectivity index (χ0n) is 12.3. The van der Waals surface area contributed by atoms with Gasteiger partial charge in [-0.25, -0.2) is 9.37 Å². The third kappa shape index (κ3) is 2.34. The zero-order valence-corrected chi connectivity index (χ0v) is 12.3. The number of azo groups is 1. The predicted molar refractivity (Wildman–Crippen MR) is 85.8 cm³/mol. The topological polar surface area (TPSA) is 54.9 Å². The van der Waals surface area contributed by atoms with Crippen molar-refractivity contribution in [1.82, 2.24) is 14.4 Å². The molecule has 3 heterocycles. The smallest absolute Gasteiger partial charge is 0.182 e. The summed E-state index contributed by atoms with van der Waals surface area (Å²) in [6.45, 7) is 1.82. The van der Waals surface area contributed by atoms with Gasteiger partial charge in [-0.1, -0.05) is 18.2 Å². The van der Waals surface area contributed by atoms with E-state index in [0.29, 0.717) is 22.8 Å². The van der Waals surface area contributed by atoms with Crippen molar-refractivity contribution in [2.45, 2.75) is 6.92 Å². The number of imidazole rings is 1. The van der Waals surface area contributed by atoms with Gasteiger partial charge in [0.25, 0.3) is 0 Å². The number of para-hydroxylation sites is 1. The second kappa shape index (κ2) is 5.24. The van der Waals surface area contributed by atoms with Crippen molar-refractivity contribution in [3.05, 3.63) is 66.4 Å². The minimum atomic E-state index is -0.349. The number of fused-ring (bicyclic) bond motifs is 2.